The summed E-state index contributed by atoms with van der Waals surface area (Å²) in [6.45, 7) is 12.1. The number of piperazine rings is 1. The first kappa shape index (κ1) is 23.5. The van der Waals surface area contributed by atoms with Gasteiger partial charge >= 0.3 is 5.76 Å². The number of nitrogens with one attached hydrogen (secondary N) is 1. The Hall–Kier alpha value is -2.69. The molecule has 0 spiro atoms. The summed E-state index contributed by atoms with van der Waals surface area (Å²) in [5, 5.41) is 0. The van der Waals surface area contributed by atoms with Crippen LogP contribution in [-0.4, -0.2) is 65.7 Å². The van der Waals surface area contributed by atoms with Crippen LogP contribution in [0.2, 0.25) is 0 Å². The number of carbonyl (C=O) groups is 1. The predicted molar refractivity (Wildman–Crippen MR) is 125 cm³/mol. The molecule has 1 saturated heterocycles. The Morgan fingerprint density at radius 1 is 1.09 bits per heavy atom. The van der Waals surface area contributed by atoms with Crippen LogP contribution in [0.15, 0.2) is 38.4 Å². The molecule has 0 radical (unpaired) electrons. The number of aryl methyl sites for hydroxylation is 1. The highest BCUT2D eigenvalue weighted by Gasteiger charge is 2.30. The molecule has 1 aliphatic rings. The van der Waals surface area contributed by atoms with Crippen molar-refractivity contribution in [1.82, 2.24) is 18.8 Å². The average molecular weight is 475 g/mol. The van der Waals surface area contributed by atoms with Crippen LogP contribution in [0, 0.1) is 13.8 Å². The summed E-state index contributed by atoms with van der Waals surface area (Å²) in [4.78, 5) is 29.0. The van der Waals surface area contributed by atoms with Crippen molar-refractivity contribution in [2.24, 2.45) is 0 Å². The van der Waals surface area contributed by atoms with Gasteiger partial charge in [0.2, 0.25) is 10.0 Å². The molecule has 3 heterocycles. The standard InChI is InChI=1S/C23H30N4O5S/c1-15-12-18(16(2)27(15)23(3,4)5)20(28)14-25-8-10-26(11-9-25)33(30,31)17-6-7-19-21(13-17)32-22(29)24-19/h6-7,12-13H,8-11,14H2,1-5H3,(H,24,29). The van der Waals surface area contributed by atoms with E-state index < -0.39 is 15.8 Å². The zero-order valence-electron chi connectivity index (χ0n) is 19.6. The van der Waals surface area contributed by atoms with Gasteiger partial charge in [-0.3, -0.25) is 14.7 Å². The molecule has 3 aromatic rings. The van der Waals surface area contributed by atoms with E-state index in [1.54, 1.807) is 0 Å². The Morgan fingerprint density at radius 3 is 2.36 bits per heavy atom. The van der Waals surface area contributed by atoms with E-state index in [9.17, 15) is 18.0 Å². The van der Waals surface area contributed by atoms with Crippen molar-refractivity contribution in [2.75, 3.05) is 32.7 Å². The lowest BCUT2D eigenvalue weighted by atomic mass is 10.1. The third kappa shape index (κ3) is 4.42. The summed E-state index contributed by atoms with van der Waals surface area (Å²) < 4.78 is 34.7. The molecule has 10 heteroatoms. The molecule has 0 aliphatic carbocycles. The van der Waals surface area contributed by atoms with Gasteiger partial charge in [-0.1, -0.05) is 0 Å². The Bertz CT molecular complexity index is 1370. The van der Waals surface area contributed by atoms with Crippen LogP contribution in [0.5, 0.6) is 0 Å². The Balaban J connectivity index is 1.43. The summed E-state index contributed by atoms with van der Waals surface area (Å²) in [5.74, 6) is -0.580. The van der Waals surface area contributed by atoms with E-state index in [1.807, 2.05) is 24.8 Å². The second-order valence-corrected chi connectivity index (χ2v) is 11.5. The van der Waals surface area contributed by atoms with Crippen LogP contribution >= 0.6 is 0 Å². The fourth-order valence-corrected chi connectivity index (χ4v) is 6.17. The number of aromatic amines is 1. The minimum Gasteiger partial charge on any atom is -0.408 e. The van der Waals surface area contributed by atoms with Crippen molar-refractivity contribution in [1.29, 1.82) is 0 Å². The van der Waals surface area contributed by atoms with E-state index in [1.165, 1.54) is 22.5 Å². The fraction of sp³-hybridized carbons (Fsp3) is 0.478. The van der Waals surface area contributed by atoms with Gasteiger partial charge in [0.25, 0.3) is 0 Å². The van der Waals surface area contributed by atoms with E-state index >= 15 is 0 Å². The van der Waals surface area contributed by atoms with Crippen molar-refractivity contribution >= 4 is 26.9 Å². The van der Waals surface area contributed by atoms with Gasteiger partial charge in [0.05, 0.1) is 17.0 Å². The molecule has 1 aromatic carbocycles. The number of sulfonamides is 1. The number of hydrogen-bond acceptors (Lipinski definition) is 6. The van der Waals surface area contributed by atoms with Gasteiger partial charge in [-0.15, -0.1) is 0 Å². The molecule has 1 N–H and O–H groups in total. The maximum atomic E-state index is 13.1. The van der Waals surface area contributed by atoms with E-state index in [0.29, 0.717) is 18.6 Å². The molecular formula is C23H30N4O5S. The van der Waals surface area contributed by atoms with E-state index in [-0.39, 0.29) is 41.4 Å². The number of benzene rings is 1. The second-order valence-electron chi connectivity index (χ2n) is 9.57. The zero-order chi connectivity index (χ0) is 24.1. The summed E-state index contributed by atoms with van der Waals surface area (Å²) in [5.41, 5.74) is 3.27. The molecule has 0 atom stereocenters. The number of nitrogens with zero attached hydrogens (tertiary/aromatic N) is 3. The highest BCUT2D eigenvalue weighted by atomic mass is 32.2. The maximum Gasteiger partial charge on any atom is 0.417 e. The third-order valence-corrected chi connectivity index (χ3v) is 8.03. The maximum absolute atomic E-state index is 13.1. The highest BCUT2D eigenvalue weighted by molar-refractivity contribution is 7.89. The minimum absolute atomic E-state index is 0.0443. The predicted octanol–water partition coefficient (Wildman–Crippen LogP) is 2.48. The number of Topliss-reactive ketones (excluding diaryl/α,β-unsaturated/α-hetero) is 1. The first-order valence-corrected chi connectivity index (χ1v) is 12.4. The lowest BCUT2D eigenvalue weighted by Gasteiger charge is -2.33. The van der Waals surface area contributed by atoms with Crippen molar-refractivity contribution in [2.45, 2.75) is 45.1 Å². The first-order valence-electron chi connectivity index (χ1n) is 11.0. The lowest BCUT2D eigenvalue weighted by Crippen LogP contribution is -2.49. The molecule has 1 fully saturated rings. The van der Waals surface area contributed by atoms with Crippen LogP contribution in [0.1, 0.15) is 42.5 Å². The van der Waals surface area contributed by atoms with Gasteiger partial charge in [-0.05, 0) is 52.8 Å². The third-order valence-electron chi connectivity index (χ3n) is 6.13. The van der Waals surface area contributed by atoms with Crippen molar-refractivity contribution in [3.8, 4) is 0 Å². The number of aromatic nitrogens is 2. The summed E-state index contributed by atoms with van der Waals surface area (Å²) in [7, 11) is -3.73. The average Bonchev–Trinajstić information content (AvgIpc) is 3.25. The number of oxazole rings is 1. The van der Waals surface area contributed by atoms with Crippen molar-refractivity contribution < 1.29 is 17.6 Å². The minimum atomic E-state index is -3.73. The molecular weight excluding hydrogens is 444 g/mol. The van der Waals surface area contributed by atoms with Crippen LogP contribution in [0.25, 0.3) is 11.1 Å². The largest absolute Gasteiger partial charge is 0.417 e. The number of fused-ring (bicyclic) bond motifs is 1. The van der Waals surface area contributed by atoms with Gasteiger partial charge in [-0.2, -0.15) is 4.31 Å². The molecule has 4 rings (SSSR count). The molecule has 33 heavy (non-hydrogen) atoms. The zero-order valence-corrected chi connectivity index (χ0v) is 20.5. The lowest BCUT2D eigenvalue weighted by molar-refractivity contribution is 0.0901. The fourth-order valence-electron chi connectivity index (χ4n) is 4.73. The van der Waals surface area contributed by atoms with Crippen molar-refractivity contribution in [3.63, 3.8) is 0 Å². The topological polar surface area (TPSA) is 109 Å². The molecule has 9 nitrogen and oxygen atoms in total. The quantitative estimate of drug-likeness (QED) is 0.569. The Labute approximate surface area is 193 Å². The van der Waals surface area contributed by atoms with Gasteiger partial charge in [0.1, 0.15) is 0 Å². The number of hydrogen-bond donors (Lipinski definition) is 1. The SMILES string of the molecule is Cc1cc(C(=O)CN2CCN(S(=O)(=O)c3ccc4[nH]c(=O)oc4c3)CC2)c(C)n1C(C)(C)C. The second kappa shape index (κ2) is 8.27. The van der Waals surface area contributed by atoms with Gasteiger partial charge in [0.15, 0.2) is 11.4 Å². The highest BCUT2D eigenvalue weighted by Crippen LogP contribution is 2.25. The van der Waals surface area contributed by atoms with Crippen LogP contribution in [-0.2, 0) is 15.6 Å². The Morgan fingerprint density at radius 2 is 1.76 bits per heavy atom. The molecule has 2 aromatic heterocycles. The summed E-state index contributed by atoms with van der Waals surface area (Å²) in [6.07, 6.45) is 0. The van der Waals surface area contributed by atoms with E-state index in [4.69, 9.17) is 4.42 Å². The summed E-state index contributed by atoms with van der Waals surface area (Å²) in [6, 6.07) is 6.29. The van der Waals surface area contributed by atoms with Gasteiger partial charge in [0, 0.05) is 54.7 Å². The normalized spacial score (nSPS) is 16.5. The number of H-pyrrole nitrogens is 1. The van der Waals surface area contributed by atoms with E-state index in [0.717, 1.165) is 17.0 Å². The molecule has 1 aliphatic heterocycles. The molecule has 178 valence electrons. The van der Waals surface area contributed by atoms with Gasteiger partial charge in [-0.25, -0.2) is 13.2 Å². The molecule has 0 unspecified atom stereocenters. The monoisotopic (exact) mass is 474 g/mol. The van der Waals surface area contributed by atoms with Crippen molar-refractivity contribution in [3.05, 3.63) is 51.8 Å². The Kier molecular flexibility index (Phi) is 5.88. The molecule has 0 amide bonds. The first-order chi connectivity index (χ1) is 15.4. The number of carbonyl (C=O) groups excluding carboxylic acids is 1. The van der Waals surface area contributed by atoms with Crippen LogP contribution in [0.4, 0.5) is 0 Å². The smallest absolute Gasteiger partial charge is 0.408 e. The van der Waals surface area contributed by atoms with E-state index in [2.05, 4.69) is 30.3 Å². The van der Waals surface area contributed by atoms with Crippen LogP contribution in [0.3, 0.4) is 0 Å². The van der Waals surface area contributed by atoms with Crippen LogP contribution < -0.4 is 5.76 Å². The molecule has 0 bridgehead atoms. The number of rotatable bonds is 5. The summed E-state index contributed by atoms with van der Waals surface area (Å²) >= 11 is 0. The molecule has 0 saturated carbocycles. The number of ketones is 1. The van der Waals surface area contributed by atoms with Gasteiger partial charge < -0.3 is 8.98 Å².